The van der Waals surface area contributed by atoms with Crippen LogP contribution < -0.4 is 5.32 Å². The van der Waals surface area contributed by atoms with Crippen LogP contribution >= 0.6 is 0 Å². The van der Waals surface area contributed by atoms with Crippen LogP contribution in [0.4, 0.5) is 0 Å². The number of carbonyl (C=O) groups excluding carboxylic acids is 1. The van der Waals surface area contributed by atoms with Crippen molar-refractivity contribution in [2.45, 2.75) is 32.2 Å². The first-order chi connectivity index (χ1) is 12.3. The molecule has 1 aromatic carbocycles. The predicted octanol–water partition coefficient (Wildman–Crippen LogP) is 3.47. The smallest absolute Gasteiger partial charge is 0.227 e. The SMILES string of the molecule is CCCC(C(=O)NCc1ccnc(-n2ccnc2)c1)c1ccccc1. The van der Waals surface area contributed by atoms with Crippen LogP contribution in [-0.2, 0) is 11.3 Å². The van der Waals surface area contributed by atoms with Crippen LogP contribution in [0, 0.1) is 0 Å². The molecule has 2 heterocycles. The number of hydrogen-bond acceptors (Lipinski definition) is 3. The fourth-order valence-electron chi connectivity index (χ4n) is 2.84. The molecule has 0 aliphatic heterocycles. The Bertz CT molecular complexity index is 800. The van der Waals surface area contributed by atoms with E-state index in [-0.39, 0.29) is 11.8 Å². The van der Waals surface area contributed by atoms with E-state index < -0.39 is 0 Å². The number of imidazole rings is 1. The number of rotatable bonds is 7. The second kappa shape index (κ2) is 8.24. The number of carbonyl (C=O) groups is 1. The summed E-state index contributed by atoms with van der Waals surface area (Å²) >= 11 is 0. The molecule has 5 nitrogen and oxygen atoms in total. The maximum atomic E-state index is 12.7. The number of nitrogens with one attached hydrogen (secondary N) is 1. The summed E-state index contributed by atoms with van der Waals surface area (Å²) in [6.07, 6.45) is 8.82. The minimum Gasteiger partial charge on any atom is -0.351 e. The van der Waals surface area contributed by atoms with Gasteiger partial charge < -0.3 is 5.32 Å². The molecule has 1 unspecified atom stereocenters. The van der Waals surface area contributed by atoms with Crippen molar-refractivity contribution in [3.8, 4) is 5.82 Å². The van der Waals surface area contributed by atoms with Gasteiger partial charge in [0.25, 0.3) is 0 Å². The van der Waals surface area contributed by atoms with E-state index in [0.29, 0.717) is 6.54 Å². The molecule has 0 saturated heterocycles. The van der Waals surface area contributed by atoms with Gasteiger partial charge in [0.15, 0.2) is 0 Å². The summed E-state index contributed by atoms with van der Waals surface area (Å²) in [5, 5.41) is 3.06. The summed E-state index contributed by atoms with van der Waals surface area (Å²) in [5.41, 5.74) is 2.08. The first-order valence-electron chi connectivity index (χ1n) is 8.54. The molecule has 5 heteroatoms. The van der Waals surface area contributed by atoms with Crippen LogP contribution in [0.5, 0.6) is 0 Å². The van der Waals surface area contributed by atoms with Gasteiger partial charge in [-0.15, -0.1) is 0 Å². The monoisotopic (exact) mass is 334 g/mol. The molecule has 0 saturated carbocycles. The molecular formula is C20H22N4O. The highest BCUT2D eigenvalue weighted by molar-refractivity contribution is 5.83. The molecule has 1 amide bonds. The summed E-state index contributed by atoms with van der Waals surface area (Å²) in [6.45, 7) is 2.58. The third-order valence-electron chi connectivity index (χ3n) is 4.14. The molecule has 0 aliphatic carbocycles. The molecule has 2 aromatic heterocycles. The van der Waals surface area contributed by atoms with Crippen LogP contribution in [0.1, 0.15) is 36.8 Å². The second-order valence-electron chi connectivity index (χ2n) is 5.96. The largest absolute Gasteiger partial charge is 0.351 e. The maximum Gasteiger partial charge on any atom is 0.227 e. The van der Waals surface area contributed by atoms with Crippen LogP contribution in [0.25, 0.3) is 5.82 Å². The summed E-state index contributed by atoms with van der Waals surface area (Å²) in [5.74, 6) is 0.743. The van der Waals surface area contributed by atoms with Gasteiger partial charge in [0.05, 0.1) is 5.92 Å². The van der Waals surface area contributed by atoms with Crippen molar-refractivity contribution in [1.82, 2.24) is 19.9 Å². The van der Waals surface area contributed by atoms with E-state index in [4.69, 9.17) is 0 Å². The van der Waals surface area contributed by atoms with Gasteiger partial charge in [-0.2, -0.15) is 0 Å². The van der Waals surface area contributed by atoms with Gasteiger partial charge in [0, 0.05) is 25.1 Å². The van der Waals surface area contributed by atoms with Gasteiger partial charge in [0.1, 0.15) is 12.1 Å². The van der Waals surface area contributed by atoms with Crippen LogP contribution in [-0.4, -0.2) is 20.4 Å². The highest BCUT2D eigenvalue weighted by atomic mass is 16.1. The van der Waals surface area contributed by atoms with Gasteiger partial charge in [-0.3, -0.25) is 9.36 Å². The topological polar surface area (TPSA) is 59.8 Å². The summed E-state index contributed by atoms with van der Waals surface area (Å²) in [7, 11) is 0. The van der Waals surface area contributed by atoms with Crippen molar-refractivity contribution < 1.29 is 4.79 Å². The molecule has 3 aromatic rings. The number of benzene rings is 1. The number of pyridine rings is 1. The van der Waals surface area contributed by atoms with Crippen LogP contribution in [0.2, 0.25) is 0 Å². The Balaban J connectivity index is 1.68. The van der Waals surface area contributed by atoms with Crippen molar-refractivity contribution in [1.29, 1.82) is 0 Å². The molecule has 1 atom stereocenters. The molecule has 0 aliphatic rings. The quantitative estimate of drug-likeness (QED) is 0.720. The van der Waals surface area contributed by atoms with Gasteiger partial charge in [-0.25, -0.2) is 9.97 Å². The Morgan fingerprint density at radius 1 is 1.20 bits per heavy atom. The lowest BCUT2D eigenvalue weighted by Gasteiger charge is -2.16. The molecule has 25 heavy (non-hydrogen) atoms. The van der Waals surface area contributed by atoms with E-state index in [2.05, 4.69) is 22.2 Å². The van der Waals surface area contributed by atoms with Crippen molar-refractivity contribution in [2.75, 3.05) is 0 Å². The first-order valence-corrected chi connectivity index (χ1v) is 8.54. The summed E-state index contributed by atoms with van der Waals surface area (Å²) < 4.78 is 1.84. The summed E-state index contributed by atoms with van der Waals surface area (Å²) in [6, 6.07) is 13.8. The van der Waals surface area contributed by atoms with Gasteiger partial charge in [-0.05, 0) is 29.7 Å². The molecule has 0 fully saturated rings. The Morgan fingerprint density at radius 2 is 2.04 bits per heavy atom. The zero-order valence-corrected chi connectivity index (χ0v) is 14.3. The van der Waals surface area contributed by atoms with E-state index in [9.17, 15) is 4.79 Å². The zero-order valence-electron chi connectivity index (χ0n) is 14.3. The Morgan fingerprint density at radius 3 is 2.76 bits per heavy atom. The van der Waals surface area contributed by atoms with E-state index in [1.165, 1.54) is 0 Å². The number of amides is 1. The lowest BCUT2D eigenvalue weighted by atomic mass is 9.93. The van der Waals surface area contributed by atoms with E-state index in [1.54, 1.807) is 18.7 Å². The average molecular weight is 334 g/mol. The molecule has 3 rings (SSSR count). The highest BCUT2D eigenvalue weighted by Crippen LogP contribution is 2.21. The lowest BCUT2D eigenvalue weighted by molar-refractivity contribution is -0.122. The molecule has 128 valence electrons. The van der Waals surface area contributed by atoms with Crippen LogP contribution in [0.3, 0.4) is 0 Å². The van der Waals surface area contributed by atoms with E-state index in [1.807, 2.05) is 53.2 Å². The Hall–Kier alpha value is -2.95. The zero-order chi connectivity index (χ0) is 17.5. The fourth-order valence-corrected chi connectivity index (χ4v) is 2.84. The average Bonchev–Trinajstić information content (AvgIpc) is 3.20. The molecule has 0 bridgehead atoms. The lowest BCUT2D eigenvalue weighted by Crippen LogP contribution is -2.29. The maximum absolute atomic E-state index is 12.7. The van der Waals surface area contributed by atoms with E-state index in [0.717, 1.165) is 29.8 Å². The van der Waals surface area contributed by atoms with Gasteiger partial charge in [0.2, 0.25) is 5.91 Å². The minimum absolute atomic E-state index is 0.0639. The van der Waals surface area contributed by atoms with Crippen molar-refractivity contribution in [2.24, 2.45) is 0 Å². The van der Waals surface area contributed by atoms with E-state index >= 15 is 0 Å². The van der Waals surface area contributed by atoms with Crippen molar-refractivity contribution >= 4 is 5.91 Å². The fraction of sp³-hybridized carbons (Fsp3) is 0.250. The Kier molecular flexibility index (Phi) is 5.57. The standard InChI is InChI=1S/C20H22N4O/c1-2-6-18(17-7-4-3-5-8-17)20(25)23-14-16-9-10-22-19(13-16)24-12-11-21-15-24/h3-5,7-13,15,18H,2,6,14H2,1H3,(H,23,25). The molecule has 1 N–H and O–H groups in total. The second-order valence-corrected chi connectivity index (χ2v) is 5.96. The summed E-state index contributed by atoms with van der Waals surface area (Å²) in [4.78, 5) is 21.0. The normalized spacial score (nSPS) is 11.9. The van der Waals surface area contributed by atoms with Crippen LogP contribution in [0.15, 0.2) is 67.4 Å². The van der Waals surface area contributed by atoms with Crippen molar-refractivity contribution in [3.63, 3.8) is 0 Å². The Labute approximate surface area is 147 Å². The number of nitrogens with zero attached hydrogens (tertiary/aromatic N) is 3. The highest BCUT2D eigenvalue weighted by Gasteiger charge is 2.19. The predicted molar refractivity (Wildman–Crippen MR) is 97.3 cm³/mol. The third-order valence-corrected chi connectivity index (χ3v) is 4.14. The minimum atomic E-state index is -0.110. The van der Waals surface area contributed by atoms with Gasteiger partial charge in [-0.1, -0.05) is 43.7 Å². The van der Waals surface area contributed by atoms with Gasteiger partial charge >= 0.3 is 0 Å². The third kappa shape index (κ3) is 4.32. The number of hydrogen-bond donors (Lipinski definition) is 1. The molecule has 0 spiro atoms. The first kappa shape index (κ1) is 16.9. The molecule has 0 radical (unpaired) electrons. The number of aromatic nitrogens is 3. The molecular weight excluding hydrogens is 312 g/mol. The van der Waals surface area contributed by atoms with Crippen molar-refractivity contribution in [3.05, 3.63) is 78.5 Å².